The van der Waals surface area contributed by atoms with Gasteiger partial charge in [0.2, 0.25) is 0 Å². The Morgan fingerprint density at radius 2 is 2.05 bits per heavy atom. The van der Waals surface area contributed by atoms with E-state index in [1.165, 1.54) is 0 Å². The SMILES string of the molecule is CN=Cc1cc(Oc2ccc(NC)c(N)c2)ccn1. The molecule has 3 N–H and O–H groups in total. The minimum absolute atomic E-state index is 0.643. The summed E-state index contributed by atoms with van der Waals surface area (Å²) < 4.78 is 5.74. The summed E-state index contributed by atoms with van der Waals surface area (Å²) in [6.45, 7) is 0. The molecule has 2 aromatic rings. The van der Waals surface area contributed by atoms with Crippen molar-refractivity contribution < 1.29 is 4.74 Å². The molecule has 2 rings (SSSR count). The van der Waals surface area contributed by atoms with Gasteiger partial charge in [-0.05, 0) is 18.2 Å². The van der Waals surface area contributed by atoms with Gasteiger partial charge in [-0.25, -0.2) is 0 Å². The Morgan fingerprint density at radius 3 is 2.74 bits per heavy atom. The molecule has 0 atom stereocenters. The topological polar surface area (TPSA) is 72.5 Å². The lowest BCUT2D eigenvalue weighted by Gasteiger charge is -2.09. The maximum Gasteiger partial charge on any atom is 0.131 e. The number of ether oxygens (including phenoxy) is 1. The van der Waals surface area contributed by atoms with Crippen LogP contribution < -0.4 is 15.8 Å². The fourth-order valence-corrected chi connectivity index (χ4v) is 1.66. The van der Waals surface area contributed by atoms with Crippen LogP contribution in [-0.4, -0.2) is 25.3 Å². The van der Waals surface area contributed by atoms with Crippen LogP contribution in [0.25, 0.3) is 0 Å². The highest BCUT2D eigenvalue weighted by Crippen LogP contribution is 2.27. The Balaban J connectivity index is 2.21. The average molecular weight is 256 g/mol. The first-order valence-corrected chi connectivity index (χ1v) is 5.86. The average Bonchev–Trinajstić information content (AvgIpc) is 2.40. The molecule has 1 heterocycles. The van der Waals surface area contributed by atoms with Gasteiger partial charge in [-0.3, -0.25) is 9.98 Å². The Labute approximate surface area is 112 Å². The van der Waals surface area contributed by atoms with Crippen LogP contribution >= 0.6 is 0 Å². The van der Waals surface area contributed by atoms with Crippen molar-refractivity contribution in [2.24, 2.45) is 4.99 Å². The van der Waals surface area contributed by atoms with Gasteiger partial charge in [0.05, 0.1) is 17.1 Å². The van der Waals surface area contributed by atoms with Gasteiger partial charge in [0.15, 0.2) is 0 Å². The van der Waals surface area contributed by atoms with E-state index < -0.39 is 0 Å². The summed E-state index contributed by atoms with van der Waals surface area (Å²) in [4.78, 5) is 8.07. The van der Waals surface area contributed by atoms with E-state index in [1.54, 1.807) is 31.6 Å². The molecule has 5 nitrogen and oxygen atoms in total. The molecule has 0 amide bonds. The Bertz CT molecular complexity index is 596. The molecule has 19 heavy (non-hydrogen) atoms. The highest BCUT2D eigenvalue weighted by atomic mass is 16.5. The van der Waals surface area contributed by atoms with E-state index in [2.05, 4.69) is 15.3 Å². The van der Waals surface area contributed by atoms with Crippen molar-refractivity contribution in [2.75, 3.05) is 25.1 Å². The molecule has 0 aliphatic heterocycles. The number of hydrogen-bond acceptors (Lipinski definition) is 5. The van der Waals surface area contributed by atoms with E-state index in [4.69, 9.17) is 10.5 Å². The molecule has 0 bridgehead atoms. The summed E-state index contributed by atoms with van der Waals surface area (Å²) >= 11 is 0. The molecule has 0 fully saturated rings. The highest BCUT2D eigenvalue weighted by molar-refractivity contribution is 5.77. The molecule has 98 valence electrons. The van der Waals surface area contributed by atoms with E-state index in [9.17, 15) is 0 Å². The monoisotopic (exact) mass is 256 g/mol. The van der Waals surface area contributed by atoms with Crippen LogP contribution in [-0.2, 0) is 0 Å². The minimum Gasteiger partial charge on any atom is -0.457 e. The molecule has 1 aromatic carbocycles. The first-order chi connectivity index (χ1) is 9.22. The molecule has 5 heteroatoms. The minimum atomic E-state index is 0.643. The lowest BCUT2D eigenvalue weighted by Crippen LogP contribution is -1.96. The van der Waals surface area contributed by atoms with E-state index in [1.807, 2.05) is 25.2 Å². The maximum atomic E-state index is 5.89. The van der Waals surface area contributed by atoms with Crippen molar-refractivity contribution in [3.8, 4) is 11.5 Å². The summed E-state index contributed by atoms with van der Waals surface area (Å²) in [6, 6.07) is 9.11. The third kappa shape index (κ3) is 3.22. The van der Waals surface area contributed by atoms with Crippen molar-refractivity contribution in [2.45, 2.75) is 0 Å². The third-order valence-electron chi connectivity index (χ3n) is 2.54. The summed E-state index contributed by atoms with van der Waals surface area (Å²) in [5.74, 6) is 1.38. The van der Waals surface area contributed by atoms with Gasteiger partial charge in [-0.2, -0.15) is 0 Å². The zero-order chi connectivity index (χ0) is 13.7. The van der Waals surface area contributed by atoms with Crippen LogP contribution in [0.4, 0.5) is 11.4 Å². The number of benzene rings is 1. The third-order valence-corrected chi connectivity index (χ3v) is 2.54. The zero-order valence-electron chi connectivity index (χ0n) is 10.9. The van der Waals surface area contributed by atoms with Crippen LogP contribution in [0.5, 0.6) is 11.5 Å². The van der Waals surface area contributed by atoms with Crippen LogP contribution in [0.15, 0.2) is 41.5 Å². The molecule has 0 aliphatic rings. The Kier molecular flexibility index (Phi) is 3.97. The zero-order valence-corrected chi connectivity index (χ0v) is 10.9. The largest absolute Gasteiger partial charge is 0.457 e. The molecular weight excluding hydrogens is 240 g/mol. The predicted octanol–water partition coefficient (Wildman–Crippen LogP) is 2.55. The Morgan fingerprint density at radius 1 is 1.26 bits per heavy atom. The first-order valence-electron chi connectivity index (χ1n) is 5.86. The number of rotatable bonds is 4. The highest BCUT2D eigenvalue weighted by Gasteiger charge is 2.02. The molecular formula is C14H16N4O. The number of pyridine rings is 1. The first kappa shape index (κ1) is 12.9. The van der Waals surface area contributed by atoms with E-state index in [0.29, 0.717) is 17.2 Å². The second-order valence-corrected chi connectivity index (χ2v) is 3.90. The van der Waals surface area contributed by atoms with Crippen molar-refractivity contribution >= 4 is 17.6 Å². The molecule has 0 radical (unpaired) electrons. The van der Waals surface area contributed by atoms with Gasteiger partial charge in [0.25, 0.3) is 0 Å². The van der Waals surface area contributed by atoms with E-state index in [0.717, 1.165) is 11.4 Å². The fourth-order valence-electron chi connectivity index (χ4n) is 1.66. The second-order valence-electron chi connectivity index (χ2n) is 3.90. The number of anilines is 2. The molecule has 0 saturated carbocycles. The smallest absolute Gasteiger partial charge is 0.131 e. The van der Waals surface area contributed by atoms with Crippen LogP contribution in [0, 0.1) is 0 Å². The summed E-state index contributed by atoms with van der Waals surface area (Å²) in [7, 11) is 3.53. The molecule has 0 unspecified atom stereocenters. The maximum absolute atomic E-state index is 5.89. The van der Waals surface area contributed by atoms with Gasteiger partial charge in [-0.1, -0.05) is 0 Å². The van der Waals surface area contributed by atoms with Crippen molar-refractivity contribution in [1.82, 2.24) is 4.98 Å². The number of nitrogens with two attached hydrogens (primary N) is 1. The van der Waals surface area contributed by atoms with Crippen molar-refractivity contribution in [3.05, 3.63) is 42.2 Å². The standard InChI is InChI=1S/C14H16N4O/c1-16-9-10-7-12(5-6-18-10)19-11-3-4-14(17-2)13(15)8-11/h3-9,17H,15H2,1-2H3. The number of hydrogen-bond donors (Lipinski definition) is 2. The molecule has 1 aromatic heterocycles. The summed E-state index contributed by atoms with van der Waals surface area (Å²) in [6.07, 6.45) is 3.35. The number of nitrogen functional groups attached to an aromatic ring is 1. The lowest BCUT2D eigenvalue weighted by molar-refractivity contribution is 0.482. The quantitative estimate of drug-likeness (QED) is 0.651. The van der Waals surface area contributed by atoms with Gasteiger partial charge in [0, 0.05) is 38.6 Å². The second kappa shape index (κ2) is 5.86. The summed E-state index contributed by atoms with van der Waals surface area (Å²) in [5, 5.41) is 3.00. The number of nitrogens with one attached hydrogen (secondary N) is 1. The number of nitrogens with zero attached hydrogens (tertiary/aromatic N) is 2. The van der Waals surface area contributed by atoms with Crippen LogP contribution in [0.3, 0.4) is 0 Å². The number of aliphatic imine (C=N–C) groups is 1. The van der Waals surface area contributed by atoms with Gasteiger partial charge in [0.1, 0.15) is 11.5 Å². The number of aromatic nitrogens is 1. The van der Waals surface area contributed by atoms with Gasteiger partial charge >= 0.3 is 0 Å². The van der Waals surface area contributed by atoms with Crippen molar-refractivity contribution in [1.29, 1.82) is 0 Å². The van der Waals surface area contributed by atoms with Crippen LogP contribution in [0.2, 0.25) is 0 Å². The van der Waals surface area contributed by atoms with E-state index in [-0.39, 0.29) is 0 Å². The Hall–Kier alpha value is -2.56. The van der Waals surface area contributed by atoms with Gasteiger partial charge in [-0.15, -0.1) is 0 Å². The fraction of sp³-hybridized carbons (Fsp3) is 0.143. The van der Waals surface area contributed by atoms with Gasteiger partial charge < -0.3 is 15.8 Å². The van der Waals surface area contributed by atoms with E-state index >= 15 is 0 Å². The molecule has 0 aliphatic carbocycles. The summed E-state index contributed by atoms with van der Waals surface area (Å²) in [5.41, 5.74) is 8.16. The molecule has 0 spiro atoms. The molecule has 0 saturated heterocycles. The van der Waals surface area contributed by atoms with Crippen molar-refractivity contribution in [3.63, 3.8) is 0 Å². The normalized spacial score (nSPS) is 10.6. The lowest BCUT2D eigenvalue weighted by atomic mass is 10.2. The predicted molar refractivity (Wildman–Crippen MR) is 78.2 cm³/mol. The van der Waals surface area contributed by atoms with Crippen LogP contribution in [0.1, 0.15) is 5.69 Å².